The number of aliphatic carboxylic acids is 1. The molecule has 166 valence electrons. The fraction of sp³-hybridized carbons (Fsp3) is 0.706. The van der Waals surface area contributed by atoms with Crippen molar-refractivity contribution < 1.29 is 29.1 Å². The number of amides is 4. The third-order valence-electron chi connectivity index (χ3n) is 4.05. The molecule has 0 aliphatic heterocycles. The number of carbonyl (C=O) groups is 5. The van der Waals surface area contributed by atoms with Crippen LogP contribution in [0.15, 0.2) is 0 Å². The summed E-state index contributed by atoms with van der Waals surface area (Å²) in [5.41, 5.74) is 16.4. The molecule has 4 amide bonds. The summed E-state index contributed by atoms with van der Waals surface area (Å²) >= 11 is 0. The van der Waals surface area contributed by atoms with Crippen molar-refractivity contribution in [2.45, 2.75) is 57.7 Å². The lowest BCUT2D eigenvalue weighted by Crippen LogP contribution is -2.57. The lowest BCUT2D eigenvalue weighted by Gasteiger charge is -2.24. The predicted octanol–water partition coefficient (Wildman–Crippen LogP) is -2.86. The molecule has 0 aromatic heterocycles. The molecule has 0 aliphatic rings. The van der Waals surface area contributed by atoms with Crippen LogP contribution < -0.4 is 33.2 Å². The number of nitrogens with one attached hydrogen (secondary N) is 3. The van der Waals surface area contributed by atoms with Crippen LogP contribution in [0.2, 0.25) is 0 Å². The van der Waals surface area contributed by atoms with E-state index in [-0.39, 0.29) is 12.3 Å². The van der Waals surface area contributed by atoms with Gasteiger partial charge in [0.05, 0.1) is 12.5 Å². The van der Waals surface area contributed by atoms with Gasteiger partial charge in [-0.25, -0.2) is 0 Å². The number of primary amides is 1. The summed E-state index contributed by atoms with van der Waals surface area (Å²) < 4.78 is 0. The molecular formula is C17H32N6O6. The van der Waals surface area contributed by atoms with Gasteiger partial charge in [0.2, 0.25) is 23.6 Å². The Morgan fingerprint density at radius 3 is 2.00 bits per heavy atom. The number of unbranched alkanes of at least 4 members (excludes halogenated alkanes) is 1. The molecule has 0 radical (unpaired) electrons. The average molecular weight is 416 g/mol. The van der Waals surface area contributed by atoms with E-state index in [2.05, 4.69) is 16.0 Å². The van der Waals surface area contributed by atoms with E-state index in [9.17, 15) is 24.0 Å². The summed E-state index contributed by atoms with van der Waals surface area (Å²) in [5.74, 6) is -4.46. The molecule has 3 unspecified atom stereocenters. The van der Waals surface area contributed by atoms with Crippen LogP contribution in [0.4, 0.5) is 0 Å². The SMILES string of the molecule is CC(C)C(N)C(=O)NC(CCCCN)C(=O)NC(CC(N)=O)C(=O)NCC(=O)O. The minimum atomic E-state index is -1.38. The lowest BCUT2D eigenvalue weighted by atomic mass is 10.0. The van der Waals surface area contributed by atoms with Gasteiger partial charge in [-0.2, -0.15) is 0 Å². The molecule has 0 fully saturated rings. The second kappa shape index (κ2) is 13.4. The molecule has 0 aromatic carbocycles. The predicted molar refractivity (Wildman–Crippen MR) is 104 cm³/mol. The number of carboxylic acid groups (broad SMARTS) is 1. The van der Waals surface area contributed by atoms with Crippen molar-refractivity contribution in [2.75, 3.05) is 13.1 Å². The number of nitrogens with two attached hydrogens (primary N) is 3. The molecule has 29 heavy (non-hydrogen) atoms. The van der Waals surface area contributed by atoms with Gasteiger partial charge in [-0.3, -0.25) is 24.0 Å². The number of hydrogen-bond acceptors (Lipinski definition) is 7. The van der Waals surface area contributed by atoms with E-state index in [4.69, 9.17) is 22.3 Å². The van der Waals surface area contributed by atoms with Gasteiger partial charge in [-0.15, -0.1) is 0 Å². The molecule has 0 heterocycles. The van der Waals surface area contributed by atoms with Crippen LogP contribution >= 0.6 is 0 Å². The highest BCUT2D eigenvalue weighted by Gasteiger charge is 2.29. The summed E-state index contributed by atoms with van der Waals surface area (Å²) in [6.45, 7) is 3.21. The Balaban J connectivity index is 5.26. The Labute approximate surface area is 169 Å². The lowest BCUT2D eigenvalue weighted by molar-refractivity contribution is -0.138. The molecule has 0 saturated carbocycles. The van der Waals surface area contributed by atoms with Crippen LogP contribution in [0.25, 0.3) is 0 Å². The highest BCUT2D eigenvalue weighted by atomic mass is 16.4. The zero-order chi connectivity index (χ0) is 22.6. The standard InChI is InChI=1S/C17H32N6O6/c1-9(2)14(20)17(29)22-10(5-3-4-6-18)16(28)23-11(7-12(19)24)15(27)21-8-13(25)26/h9-11,14H,3-8,18,20H2,1-2H3,(H2,19,24)(H,21,27)(H,22,29)(H,23,28)(H,25,26). The Morgan fingerprint density at radius 2 is 1.52 bits per heavy atom. The second-order valence-electron chi connectivity index (χ2n) is 6.96. The van der Waals surface area contributed by atoms with Crippen molar-refractivity contribution in [3.63, 3.8) is 0 Å². The van der Waals surface area contributed by atoms with Crippen LogP contribution in [0.5, 0.6) is 0 Å². The monoisotopic (exact) mass is 416 g/mol. The topological polar surface area (TPSA) is 220 Å². The third-order valence-corrected chi connectivity index (χ3v) is 4.05. The Hall–Kier alpha value is -2.73. The zero-order valence-electron chi connectivity index (χ0n) is 16.8. The van der Waals surface area contributed by atoms with Gasteiger partial charge >= 0.3 is 5.97 Å². The van der Waals surface area contributed by atoms with Crippen LogP contribution in [0, 0.1) is 5.92 Å². The highest BCUT2D eigenvalue weighted by Crippen LogP contribution is 2.05. The van der Waals surface area contributed by atoms with Crippen molar-refractivity contribution in [1.82, 2.24) is 16.0 Å². The number of hydrogen-bond donors (Lipinski definition) is 7. The first-order chi connectivity index (χ1) is 13.5. The van der Waals surface area contributed by atoms with E-state index in [1.807, 2.05) is 0 Å². The highest BCUT2D eigenvalue weighted by molar-refractivity contribution is 5.95. The molecule has 0 saturated heterocycles. The number of carboxylic acids is 1. The van der Waals surface area contributed by atoms with Gasteiger partial charge in [-0.05, 0) is 31.7 Å². The maximum atomic E-state index is 12.7. The minimum Gasteiger partial charge on any atom is -0.480 e. The fourth-order valence-electron chi connectivity index (χ4n) is 2.30. The van der Waals surface area contributed by atoms with Gasteiger partial charge in [-0.1, -0.05) is 13.8 Å². The van der Waals surface area contributed by atoms with Gasteiger partial charge in [0.25, 0.3) is 0 Å². The van der Waals surface area contributed by atoms with Crippen LogP contribution in [-0.4, -0.2) is 65.9 Å². The normalized spacial score (nSPS) is 13.8. The Morgan fingerprint density at radius 1 is 0.931 bits per heavy atom. The van der Waals surface area contributed by atoms with Crippen molar-refractivity contribution in [3.8, 4) is 0 Å². The van der Waals surface area contributed by atoms with Crippen molar-refractivity contribution in [2.24, 2.45) is 23.1 Å². The number of rotatable bonds is 14. The van der Waals surface area contributed by atoms with Gasteiger partial charge < -0.3 is 38.3 Å². The molecule has 0 aromatic rings. The van der Waals surface area contributed by atoms with Crippen LogP contribution in [0.1, 0.15) is 39.5 Å². The van der Waals surface area contributed by atoms with Crippen LogP contribution in [-0.2, 0) is 24.0 Å². The first-order valence-corrected chi connectivity index (χ1v) is 9.33. The largest absolute Gasteiger partial charge is 0.480 e. The Bertz CT molecular complexity index is 597. The summed E-state index contributed by atoms with van der Waals surface area (Å²) in [6.07, 6.45) is 0.836. The van der Waals surface area contributed by atoms with E-state index in [0.717, 1.165) is 0 Å². The maximum Gasteiger partial charge on any atom is 0.322 e. The van der Waals surface area contributed by atoms with E-state index in [1.54, 1.807) is 13.8 Å². The Kier molecular flexibility index (Phi) is 12.2. The average Bonchev–Trinajstić information content (AvgIpc) is 2.63. The van der Waals surface area contributed by atoms with Gasteiger partial charge in [0.1, 0.15) is 18.6 Å². The van der Waals surface area contributed by atoms with Crippen molar-refractivity contribution in [3.05, 3.63) is 0 Å². The summed E-state index contributed by atoms with van der Waals surface area (Å²) in [4.78, 5) is 58.8. The summed E-state index contributed by atoms with van der Waals surface area (Å²) in [7, 11) is 0. The van der Waals surface area contributed by atoms with E-state index < -0.39 is 60.7 Å². The van der Waals surface area contributed by atoms with Crippen LogP contribution in [0.3, 0.4) is 0 Å². The molecular weight excluding hydrogens is 384 g/mol. The molecule has 12 heteroatoms. The molecule has 0 aliphatic carbocycles. The molecule has 0 rings (SSSR count). The number of carbonyl (C=O) groups excluding carboxylic acids is 4. The molecule has 3 atom stereocenters. The van der Waals surface area contributed by atoms with Crippen molar-refractivity contribution >= 4 is 29.6 Å². The first-order valence-electron chi connectivity index (χ1n) is 9.33. The smallest absolute Gasteiger partial charge is 0.322 e. The maximum absolute atomic E-state index is 12.7. The third kappa shape index (κ3) is 11.0. The molecule has 10 N–H and O–H groups in total. The van der Waals surface area contributed by atoms with E-state index in [1.165, 1.54) is 0 Å². The summed E-state index contributed by atoms with van der Waals surface area (Å²) in [5, 5.41) is 15.6. The quantitative estimate of drug-likeness (QED) is 0.146. The minimum absolute atomic E-state index is 0.160. The summed E-state index contributed by atoms with van der Waals surface area (Å²) in [6, 6.07) is -3.23. The van der Waals surface area contributed by atoms with Gasteiger partial charge in [0.15, 0.2) is 0 Å². The molecule has 0 spiro atoms. The molecule has 0 bridgehead atoms. The van der Waals surface area contributed by atoms with Crippen molar-refractivity contribution in [1.29, 1.82) is 0 Å². The van der Waals surface area contributed by atoms with Gasteiger partial charge in [0, 0.05) is 0 Å². The second-order valence-corrected chi connectivity index (χ2v) is 6.96. The molecule has 12 nitrogen and oxygen atoms in total. The van der Waals surface area contributed by atoms with E-state index in [0.29, 0.717) is 19.4 Å². The fourth-order valence-corrected chi connectivity index (χ4v) is 2.30. The van der Waals surface area contributed by atoms with E-state index >= 15 is 0 Å². The first kappa shape index (κ1) is 26.3. The zero-order valence-corrected chi connectivity index (χ0v) is 16.8.